The maximum Gasteiger partial charge on any atom is 0.472 e. The van der Waals surface area contributed by atoms with E-state index in [4.69, 9.17) is 37.0 Å². The summed E-state index contributed by atoms with van der Waals surface area (Å²) in [5.74, 6) is 0.181. The first-order valence-electron chi connectivity index (χ1n) is 39.2. The fraction of sp³-hybridized carbons (Fsp3) is 0.896. The summed E-state index contributed by atoms with van der Waals surface area (Å²) in [7, 11) is -9.93. The average molecular weight is 1410 g/mol. The summed E-state index contributed by atoms with van der Waals surface area (Å²) in [6.07, 6.45) is 56.2. The molecule has 0 saturated carbocycles. The van der Waals surface area contributed by atoms with E-state index in [1.807, 2.05) is 0 Å². The van der Waals surface area contributed by atoms with Crippen LogP contribution in [0.5, 0.6) is 0 Å². The minimum atomic E-state index is -4.97. The lowest BCUT2D eigenvalue weighted by Crippen LogP contribution is -2.30. The molecule has 0 saturated heterocycles. The van der Waals surface area contributed by atoms with Crippen molar-refractivity contribution in [3.8, 4) is 0 Å². The Balaban J connectivity index is 5.28. The Morgan fingerprint density at radius 3 is 0.927 bits per heavy atom. The molecule has 19 heteroatoms. The maximum absolute atomic E-state index is 13.1. The van der Waals surface area contributed by atoms with Crippen LogP contribution in [0.3, 0.4) is 0 Å². The summed E-state index contributed by atoms with van der Waals surface area (Å²) in [6, 6.07) is 0. The number of carbonyl (C=O) groups excluding carboxylic acids is 4. The smallest absolute Gasteiger partial charge is 0.462 e. The molecule has 0 aromatic rings. The van der Waals surface area contributed by atoms with Crippen LogP contribution in [0.4, 0.5) is 0 Å². The predicted molar refractivity (Wildman–Crippen MR) is 390 cm³/mol. The van der Waals surface area contributed by atoms with Crippen LogP contribution in [0.1, 0.15) is 370 Å². The quantitative estimate of drug-likeness (QED) is 0.0169. The molecule has 96 heavy (non-hydrogen) atoms. The maximum atomic E-state index is 13.1. The van der Waals surface area contributed by atoms with Crippen LogP contribution < -0.4 is 0 Å². The Morgan fingerprint density at radius 2 is 0.615 bits per heavy atom. The van der Waals surface area contributed by atoms with Crippen molar-refractivity contribution >= 4 is 39.5 Å². The first kappa shape index (κ1) is 93.5. The summed E-state index contributed by atoms with van der Waals surface area (Å²) in [5.41, 5.74) is 0. The zero-order chi connectivity index (χ0) is 70.9. The third-order valence-corrected chi connectivity index (χ3v) is 19.9. The number of carbonyl (C=O) groups is 4. The lowest BCUT2D eigenvalue weighted by molar-refractivity contribution is -0.161. The van der Waals surface area contributed by atoms with Crippen molar-refractivity contribution in [2.45, 2.75) is 388 Å². The highest BCUT2D eigenvalue weighted by atomic mass is 31.2. The summed E-state index contributed by atoms with van der Waals surface area (Å²) in [5, 5.41) is 10.6. The normalized spacial score (nSPS) is 14.8. The number of aliphatic hydroxyl groups excluding tert-OH is 1. The molecule has 566 valence electrons. The first-order chi connectivity index (χ1) is 46.3. The molecular formula is C77H146O17P2. The molecule has 4 unspecified atom stereocenters. The summed E-state index contributed by atoms with van der Waals surface area (Å²) >= 11 is 0. The van der Waals surface area contributed by atoms with Gasteiger partial charge in [-0.3, -0.25) is 37.3 Å². The van der Waals surface area contributed by atoms with Crippen LogP contribution in [0.15, 0.2) is 24.3 Å². The van der Waals surface area contributed by atoms with E-state index in [0.717, 1.165) is 127 Å². The molecule has 17 nitrogen and oxygen atoms in total. The van der Waals surface area contributed by atoms with Gasteiger partial charge in [-0.15, -0.1) is 0 Å². The van der Waals surface area contributed by atoms with Gasteiger partial charge in [0, 0.05) is 25.7 Å². The van der Waals surface area contributed by atoms with E-state index >= 15 is 0 Å². The highest BCUT2D eigenvalue weighted by Crippen LogP contribution is 2.45. The lowest BCUT2D eigenvalue weighted by atomic mass is 9.99. The predicted octanol–water partition coefficient (Wildman–Crippen LogP) is 22.1. The summed E-state index contributed by atoms with van der Waals surface area (Å²) < 4.78 is 68.5. The Bertz CT molecular complexity index is 1970. The number of phosphoric ester groups is 2. The Hall–Kier alpha value is -2.46. The third-order valence-electron chi connectivity index (χ3n) is 18.0. The number of allylic oxidation sites excluding steroid dienone is 4. The molecule has 7 atom stereocenters. The van der Waals surface area contributed by atoms with Crippen molar-refractivity contribution in [3.05, 3.63) is 24.3 Å². The molecule has 0 heterocycles. The van der Waals surface area contributed by atoms with E-state index in [1.54, 1.807) is 0 Å². The molecule has 0 aromatic carbocycles. The number of hydrogen-bond donors (Lipinski definition) is 3. The highest BCUT2D eigenvalue weighted by molar-refractivity contribution is 7.47. The molecule has 0 radical (unpaired) electrons. The van der Waals surface area contributed by atoms with E-state index < -0.39 is 97.5 Å². The second-order valence-electron chi connectivity index (χ2n) is 28.0. The topological polar surface area (TPSA) is 237 Å². The molecule has 0 rings (SSSR count). The van der Waals surface area contributed by atoms with Crippen LogP contribution in [0, 0.1) is 17.8 Å². The van der Waals surface area contributed by atoms with Gasteiger partial charge in [0.2, 0.25) is 0 Å². The van der Waals surface area contributed by atoms with Gasteiger partial charge in [-0.25, -0.2) is 9.13 Å². The molecule has 0 spiro atoms. The number of rotatable bonds is 73. The zero-order valence-corrected chi connectivity index (χ0v) is 64.1. The van der Waals surface area contributed by atoms with Crippen molar-refractivity contribution in [2.75, 3.05) is 39.6 Å². The van der Waals surface area contributed by atoms with Crippen LogP contribution in [0.2, 0.25) is 0 Å². The average Bonchev–Trinajstić information content (AvgIpc) is 1.11. The zero-order valence-electron chi connectivity index (χ0n) is 62.3. The molecular weight excluding hydrogens is 1260 g/mol. The SMILES string of the molecule is CCCCCC/C=C\C=C/CCCCCCCC(=O)O[C@H](COC(=O)CCCCCCCCCCCCC(C)C)COP(=O)(O)OC[C@@H](O)COP(=O)(O)OC[C@@H](COC(=O)CCCCCCCCC(C)CC)OC(=O)CCCCCCCCCCCCCCCCC(C)CC. The number of ether oxygens (including phenoxy) is 4. The minimum Gasteiger partial charge on any atom is -0.462 e. The van der Waals surface area contributed by atoms with Crippen molar-refractivity contribution in [3.63, 3.8) is 0 Å². The molecule has 0 aliphatic carbocycles. The van der Waals surface area contributed by atoms with Gasteiger partial charge < -0.3 is 33.8 Å². The van der Waals surface area contributed by atoms with E-state index in [2.05, 4.69) is 72.8 Å². The standard InChI is InChI=1S/C77H146O17P2/c1-8-11-12-13-14-15-16-17-18-22-25-32-37-46-53-60-76(81)93-72(64-87-74(79)58-51-44-36-31-28-27-29-34-41-48-55-68(4)5)66-91-95(83,84)89-62-71(78)63-90-96(85,86)92-67-73(65-88-75(80)59-52-45-40-39-43-50-57-70(7)10-3)94-77(82)61-54-47-38-33-26-23-20-19-21-24-30-35-42-49-56-69(6)9-2/h15-18,68-73,78H,8-14,19-67H2,1-7H3,(H,83,84)(H,85,86)/b16-15-,18-17-/t69?,70?,71-,72-,73-/m1/s1. The Labute approximate surface area is 586 Å². The van der Waals surface area contributed by atoms with Gasteiger partial charge in [-0.1, -0.05) is 317 Å². The molecule has 0 aliphatic rings. The molecule has 3 N–H and O–H groups in total. The van der Waals surface area contributed by atoms with Gasteiger partial charge in [0.15, 0.2) is 12.2 Å². The summed E-state index contributed by atoms with van der Waals surface area (Å²) in [6.45, 7) is 11.8. The molecule has 0 bridgehead atoms. The monoisotopic (exact) mass is 1410 g/mol. The van der Waals surface area contributed by atoms with Crippen molar-refractivity contribution < 1.29 is 80.2 Å². The van der Waals surface area contributed by atoms with E-state index in [9.17, 15) is 43.2 Å². The second kappa shape index (κ2) is 67.1. The number of esters is 4. The molecule has 0 aliphatic heterocycles. The van der Waals surface area contributed by atoms with E-state index in [0.29, 0.717) is 25.7 Å². The fourth-order valence-electron chi connectivity index (χ4n) is 11.2. The van der Waals surface area contributed by atoms with Crippen LogP contribution in [0.25, 0.3) is 0 Å². The van der Waals surface area contributed by atoms with Gasteiger partial charge >= 0.3 is 39.5 Å². The Morgan fingerprint density at radius 1 is 0.344 bits per heavy atom. The van der Waals surface area contributed by atoms with Gasteiger partial charge in [-0.05, 0) is 69.1 Å². The third kappa shape index (κ3) is 67.4. The van der Waals surface area contributed by atoms with Crippen molar-refractivity contribution in [1.29, 1.82) is 0 Å². The van der Waals surface area contributed by atoms with Gasteiger partial charge in [0.05, 0.1) is 26.4 Å². The molecule has 0 amide bonds. The number of aliphatic hydroxyl groups is 1. The van der Waals surface area contributed by atoms with E-state index in [1.165, 1.54) is 161 Å². The number of unbranched alkanes of at least 4 members (excludes halogenated alkanes) is 36. The number of phosphoric acid groups is 2. The Kier molecular flexibility index (Phi) is 65.3. The van der Waals surface area contributed by atoms with Crippen LogP contribution in [-0.4, -0.2) is 96.7 Å². The fourth-order valence-corrected chi connectivity index (χ4v) is 12.8. The molecule has 0 aromatic heterocycles. The molecule has 0 fully saturated rings. The second-order valence-corrected chi connectivity index (χ2v) is 30.9. The largest absolute Gasteiger partial charge is 0.472 e. The number of hydrogen-bond acceptors (Lipinski definition) is 15. The minimum absolute atomic E-state index is 0.0845. The van der Waals surface area contributed by atoms with Crippen LogP contribution >= 0.6 is 15.6 Å². The van der Waals surface area contributed by atoms with Crippen molar-refractivity contribution in [1.82, 2.24) is 0 Å². The van der Waals surface area contributed by atoms with Gasteiger partial charge in [-0.2, -0.15) is 0 Å². The lowest BCUT2D eigenvalue weighted by Gasteiger charge is -2.21. The summed E-state index contributed by atoms with van der Waals surface area (Å²) in [4.78, 5) is 72.8. The van der Waals surface area contributed by atoms with Gasteiger partial charge in [0.1, 0.15) is 19.3 Å². The van der Waals surface area contributed by atoms with Gasteiger partial charge in [0.25, 0.3) is 0 Å². The first-order valence-corrected chi connectivity index (χ1v) is 42.2. The highest BCUT2D eigenvalue weighted by Gasteiger charge is 2.30. The van der Waals surface area contributed by atoms with Crippen LogP contribution in [-0.2, 0) is 65.4 Å². The van der Waals surface area contributed by atoms with Crippen molar-refractivity contribution in [2.24, 2.45) is 17.8 Å². The van der Waals surface area contributed by atoms with E-state index in [-0.39, 0.29) is 25.7 Å².